The van der Waals surface area contributed by atoms with Crippen LogP contribution in [0.4, 0.5) is 0 Å². The van der Waals surface area contributed by atoms with Crippen LogP contribution in [-0.4, -0.2) is 44.4 Å². The molecule has 1 saturated heterocycles. The van der Waals surface area contributed by atoms with Crippen molar-refractivity contribution < 1.29 is 9.90 Å². The van der Waals surface area contributed by atoms with Gasteiger partial charge in [0.25, 0.3) is 5.91 Å². The highest BCUT2D eigenvalue weighted by atomic mass is 32.2. The average Bonchev–Trinajstić information content (AvgIpc) is 3.15. The van der Waals surface area contributed by atoms with Crippen molar-refractivity contribution in [2.45, 2.75) is 18.9 Å². The van der Waals surface area contributed by atoms with Gasteiger partial charge >= 0.3 is 0 Å². The minimum absolute atomic E-state index is 0.204. The zero-order chi connectivity index (χ0) is 15.6. The molecule has 0 saturated carbocycles. The number of aryl methyl sites for hydroxylation is 1. The second-order valence-electron chi connectivity index (χ2n) is 5.67. The maximum atomic E-state index is 12.2. The van der Waals surface area contributed by atoms with Crippen LogP contribution in [0.15, 0.2) is 36.7 Å². The lowest BCUT2D eigenvalue weighted by molar-refractivity contribution is 0.0612. The molecule has 5 nitrogen and oxygen atoms in total. The largest absolute Gasteiger partial charge is 0.387 e. The first-order chi connectivity index (χ1) is 10.6. The number of carbonyl (C=O) groups excluding carboxylic acids is 1. The minimum atomic E-state index is -0.771. The van der Waals surface area contributed by atoms with Crippen LogP contribution in [0.5, 0.6) is 0 Å². The molecule has 0 spiro atoms. The molecule has 1 aliphatic rings. The molecule has 22 heavy (non-hydrogen) atoms. The van der Waals surface area contributed by atoms with Crippen LogP contribution in [0.2, 0.25) is 0 Å². The van der Waals surface area contributed by atoms with E-state index in [-0.39, 0.29) is 12.5 Å². The van der Waals surface area contributed by atoms with Crippen LogP contribution in [-0.2, 0) is 0 Å². The lowest BCUT2D eigenvalue weighted by Gasteiger charge is -2.21. The van der Waals surface area contributed by atoms with Gasteiger partial charge in [-0.2, -0.15) is 16.9 Å². The first-order valence-corrected chi connectivity index (χ1v) is 8.42. The van der Waals surface area contributed by atoms with Crippen molar-refractivity contribution >= 4 is 17.7 Å². The number of aliphatic hydroxyl groups is 1. The zero-order valence-electron chi connectivity index (χ0n) is 12.5. The van der Waals surface area contributed by atoms with Gasteiger partial charge in [-0.3, -0.25) is 4.79 Å². The summed E-state index contributed by atoms with van der Waals surface area (Å²) < 4.78 is 1.70. The molecule has 6 heteroatoms. The molecule has 1 aromatic carbocycles. The quantitative estimate of drug-likeness (QED) is 0.902. The third kappa shape index (κ3) is 3.18. The van der Waals surface area contributed by atoms with Gasteiger partial charge in [-0.05, 0) is 30.7 Å². The van der Waals surface area contributed by atoms with Crippen LogP contribution in [0.25, 0.3) is 5.69 Å². The molecule has 1 unspecified atom stereocenters. The van der Waals surface area contributed by atoms with Crippen molar-refractivity contribution in [3.63, 3.8) is 0 Å². The third-order valence-electron chi connectivity index (χ3n) is 3.87. The normalized spacial score (nSPS) is 21.0. The Hall–Kier alpha value is -1.79. The number of aromatic nitrogens is 2. The predicted molar refractivity (Wildman–Crippen MR) is 87.5 cm³/mol. The van der Waals surface area contributed by atoms with Crippen molar-refractivity contribution in [2.24, 2.45) is 0 Å². The summed E-state index contributed by atoms with van der Waals surface area (Å²) in [5, 5.41) is 17.3. The third-order valence-corrected chi connectivity index (χ3v) is 5.10. The second-order valence-corrected chi connectivity index (χ2v) is 6.77. The highest BCUT2D eigenvalue weighted by molar-refractivity contribution is 7.99. The van der Waals surface area contributed by atoms with Gasteiger partial charge in [0.15, 0.2) is 0 Å². The number of thioether (sulfide) groups is 1. The minimum Gasteiger partial charge on any atom is -0.387 e. The molecule has 1 fully saturated rings. The molecule has 2 aromatic rings. The molecule has 0 bridgehead atoms. The first kappa shape index (κ1) is 15.1. The summed E-state index contributed by atoms with van der Waals surface area (Å²) in [5.41, 5.74) is 1.77. The fourth-order valence-corrected chi connectivity index (χ4v) is 3.77. The lowest BCUT2D eigenvalue weighted by atomic mass is 10.0. The summed E-state index contributed by atoms with van der Waals surface area (Å²) in [6.07, 6.45) is 3.99. The van der Waals surface area contributed by atoms with Crippen LogP contribution in [0.1, 0.15) is 22.3 Å². The van der Waals surface area contributed by atoms with E-state index in [9.17, 15) is 9.90 Å². The van der Waals surface area contributed by atoms with E-state index in [1.165, 1.54) is 0 Å². The van der Waals surface area contributed by atoms with Crippen molar-refractivity contribution in [2.75, 3.05) is 18.1 Å². The molecule has 1 aliphatic heterocycles. The Labute approximate surface area is 133 Å². The second kappa shape index (κ2) is 6.14. The zero-order valence-corrected chi connectivity index (χ0v) is 13.3. The molecule has 116 valence electrons. The SMILES string of the molecule is Cc1ccccc1-n1cc(C(=O)NCC2(O)CCSC2)cn1. The number of carbonyl (C=O) groups is 1. The number of hydrogen-bond donors (Lipinski definition) is 2. The number of rotatable bonds is 4. The van der Waals surface area contributed by atoms with E-state index in [2.05, 4.69) is 10.4 Å². The fraction of sp³-hybridized carbons (Fsp3) is 0.375. The van der Waals surface area contributed by atoms with Crippen LogP contribution in [0, 0.1) is 6.92 Å². The Morgan fingerprint density at radius 2 is 2.32 bits per heavy atom. The molecular formula is C16H19N3O2S. The number of nitrogens with zero attached hydrogens (tertiary/aromatic N) is 2. The predicted octanol–water partition coefficient (Wildman–Crippen LogP) is 1.78. The standard InChI is InChI=1S/C16H19N3O2S/c1-12-4-2-3-5-14(12)19-9-13(8-18-19)15(20)17-10-16(21)6-7-22-11-16/h2-5,8-9,21H,6-7,10-11H2,1H3,(H,17,20). The summed E-state index contributed by atoms with van der Waals surface area (Å²) in [5.74, 6) is 1.41. The maximum Gasteiger partial charge on any atom is 0.254 e. The summed E-state index contributed by atoms with van der Waals surface area (Å²) in [6.45, 7) is 2.29. The van der Waals surface area contributed by atoms with Gasteiger partial charge in [-0.15, -0.1) is 0 Å². The molecular weight excluding hydrogens is 298 g/mol. The number of hydrogen-bond acceptors (Lipinski definition) is 4. The van der Waals surface area contributed by atoms with Crippen molar-refractivity contribution in [3.05, 3.63) is 47.8 Å². The van der Waals surface area contributed by atoms with E-state index in [4.69, 9.17) is 0 Å². The summed E-state index contributed by atoms with van der Waals surface area (Å²) in [4.78, 5) is 12.2. The van der Waals surface area contributed by atoms with Gasteiger partial charge in [0.1, 0.15) is 0 Å². The van der Waals surface area contributed by atoms with Crippen molar-refractivity contribution in [1.82, 2.24) is 15.1 Å². The van der Waals surface area contributed by atoms with E-state index < -0.39 is 5.60 Å². The number of benzene rings is 1. The lowest BCUT2D eigenvalue weighted by Crippen LogP contribution is -2.42. The van der Waals surface area contributed by atoms with Gasteiger partial charge in [0.2, 0.25) is 0 Å². The fourth-order valence-electron chi connectivity index (χ4n) is 2.48. The maximum absolute atomic E-state index is 12.2. The smallest absolute Gasteiger partial charge is 0.254 e. The van der Waals surface area contributed by atoms with Crippen molar-refractivity contribution in [3.8, 4) is 5.69 Å². The molecule has 1 amide bonds. The number of nitrogens with one attached hydrogen (secondary N) is 1. The Morgan fingerprint density at radius 3 is 3.05 bits per heavy atom. The Morgan fingerprint density at radius 1 is 1.50 bits per heavy atom. The monoisotopic (exact) mass is 317 g/mol. The van der Waals surface area contributed by atoms with Gasteiger partial charge in [-0.1, -0.05) is 18.2 Å². The highest BCUT2D eigenvalue weighted by Crippen LogP contribution is 2.27. The molecule has 3 rings (SSSR count). The molecule has 0 radical (unpaired) electrons. The average molecular weight is 317 g/mol. The molecule has 2 heterocycles. The van der Waals surface area contributed by atoms with E-state index in [0.29, 0.717) is 11.3 Å². The first-order valence-electron chi connectivity index (χ1n) is 7.26. The van der Waals surface area contributed by atoms with Crippen LogP contribution >= 0.6 is 11.8 Å². The van der Waals surface area contributed by atoms with Gasteiger partial charge in [-0.25, -0.2) is 4.68 Å². The van der Waals surface area contributed by atoms with E-state index in [1.807, 2.05) is 31.2 Å². The molecule has 1 aromatic heterocycles. The molecule has 1 atom stereocenters. The van der Waals surface area contributed by atoms with E-state index >= 15 is 0 Å². The van der Waals surface area contributed by atoms with E-state index in [0.717, 1.165) is 23.4 Å². The van der Waals surface area contributed by atoms with E-state index in [1.54, 1.807) is 28.8 Å². The summed E-state index contributed by atoms with van der Waals surface area (Å²) in [7, 11) is 0. The topological polar surface area (TPSA) is 67.2 Å². The van der Waals surface area contributed by atoms with Crippen LogP contribution < -0.4 is 5.32 Å². The van der Waals surface area contributed by atoms with Gasteiger partial charge < -0.3 is 10.4 Å². The van der Waals surface area contributed by atoms with Gasteiger partial charge in [0, 0.05) is 18.5 Å². The highest BCUT2D eigenvalue weighted by Gasteiger charge is 2.32. The number of para-hydroxylation sites is 1. The van der Waals surface area contributed by atoms with Crippen LogP contribution in [0.3, 0.4) is 0 Å². The molecule has 2 N–H and O–H groups in total. The van der Waals surface area contributed by atoms with Gasteiger partial charge in [0.05, 0.1) is 23.0 Å². The summed E-state index contributed by atoms with van der Waals surface area (Å²) in [6, 6.07) is 7.87. The van der Waals surface area contributed by atoms with Crippen molar-refractivity contribution in [1.29, 1.82) is 0 Å². The number of amides is 1. The Kier molecular flexibility index (Phi) is 4.22. The summed E-state index contributed by atoms with van der Waals surface area (Å²) >= 11 is 1.71. The Balaban J connectivity index is 1.68. The molecule has 0 aliphatic carbocycles. The Bertz CT molecular complexity index is 678.